The fraction of sp³-hybridized carbons (Fsp3) is 0.429. The zero-order valence-corrected chi connectivity index (χ0v) is 11.6. The Balaban J connectivity index is 0.000000191. The summed E-state index contributed by atoms with van der Waals surface area (Å²) in [5, 5.41) is 19.9. The molecule has 1 saturated carbocycles. The summed E-state index contributed by atoms with van der Waals surface area (Å²) in [5.41, 5.74) is 2.17. The first kappa shape index (κ1) is 15.5. The Kier molecular flexibility index (Phi) is 6.36. The highest BCUT2D eigenvalue weighted by Gasteiger charge is 2.17. The first-order valence-electron chi connectivity index (χ1n) is 6.19. The zero-order valence-electron chi connectivity index (χ0n) is 10.8. The van der Waals surface area contributed by atoms with Crippen LogP contribution in [-0.2, 0) is 0 Å². The molecule has 19 heavy (non-hydrogen) atoms. The monoisotopic (exact) mass is 283 g/mol. The van der Waals surface area contributed by atoms with Gasteiger partial charge in [0, 0.05) is 0 Å². The van der Waals surface area contributed by atoms with Crippen LogP contribution in [0, 0.1) is 6.92 Å². The smallest absolute Gasteiger partial charge is 0.335 e. The number of hydrogen-bond donors (Lipinski definition) is 2. The minimum atomic E-state index is -0.875. The summed E-state index contributed by atoms with van der Waals surface area (Å²) in [4.78, 5) is 10.3. The Labute approximate surface area is 117 Å². The number of halogens is 1. The van der Waals surface area contributed by atoms with E-state index in [1.54, 1.807) is 24.3 Å². The first-order chi connectivity index (χ1) is 9.04. The minimum absolute atomic E-state index is 0.0104. The molecule has 4 nitrogen and oxygen atoms in total. The molecule has 0 radical (unpaired) electrons. The van der Waals surface area contributed by atoms with Gasteiger partial charge in [-0.05, 0) is 38.3 Å². The second kappa shape index (κ2) is 7.79. The van der Waals surface area contributed by atoms with Gasteiger partial charge in [-0.3, -0.25) is 0 Å². The van der Waals surface area contributed by atoms with Crippen molar-refractivity contribution in [2.75, 3.05) is 0 Å². The lowest BCUT2D eigenvalue weighted by Crippen LogP contribution is -2.18. The molecule has 1 atom stereocenters. The van der Waals surface area contributed by atoms with E-state index in [1.165, 1.54) is 0 Å². The molecule has 1 aliphatic rings. The number of aryl methyl sites for hydroxylation is 1. The molecule has 0 saturated heterocycles. The van der Waals surface area contributed by atoms with Gasteiger partial charge >= 0.3 is 5.97 Å². The van der Waals surface area contributed by atoms with Gasteiger partial charge in [0.15, 0.2) is 0 Å². The number of carboxylic acid groups (broad SMARTS) is 1. The Bertz CT molecular complexity index is 443. The number of hydrogen-bond acceptors (Lipinski definition) is 3. The van der Waals surface area contributed by atoms with Crippen molar-refractivity contribution >= 4 is 23.3 Å². The van der Waals surface area contributed by atoms with Crippen molar-refractivity contribution < 1.29 is 15.1 Å². The molecule has 0 amide bonds. The predicted molar refractivity (Wildman–Crippen MR) is 75.5 cm³/mol. The number of aromatic carboxylic acids is 1. The molecule has 1 aromatic rings. The highest BCUT2D eigenvalue weighted by Crippen LogP contribution is 2.19. The van der Waals surface area contributed by atoms with Gasteiger partial charge < -0.3 is 10.3 Å². The summed E-state index contributed by atoms with van der Waals surface area (Å²) in [6, 6.07) is 6.75. The molecule has 0 heterocycles. The van der Waals surface area contributed by atoms with E-state index in [0.29, 0.717) is 5.56 Å². The Morgan fingerprint density at radius 2 is 1.95 bits per heavy atom. The van der Waals surface area contributed by atoms with Crippen molar-refractivity contribution in [1.82, 2.24) is 0 Å². The SMILES string of the molecule is Cc1ccc(C(=O)O)cc1.O/N=C1/CCCCC1Cl. The van der Waals surface area contributed by atoms with E-state index in [2.05, 4.69) is 5.16 Å². The number of carbonyl (C=O) groups is 1. The van der Waals surface area contributed by atoms with Crippen molar-refractivity contribution in [3.63, 3.8) is 0 Å². The van der Waals surface area contributed by atoms with Crippen molar-refractivity contribution in [3.8, 4) is 0 Å². The maximum absolute atomic E-state index is 10.3. The van der Waals surface area contributed by atoms with E-state index in [0.717, 1.165) is 37.0 Å². The fourth-order valence-electron chi connectivity index (χ4n) is 1.76. The lowest BCUT2D eigenvalue weighted by atomic mass is 9.98. The highest BCUT2D eigenvalue weighted by atomic mass is 35.5. The maximum atomic E-state index is 10.3. The summed E-state index contributed by atoms with van der Waals surface area (Å²) in [5.74, 6) is -0.875. The van der Waals surface area contributed by atoms with Crippen LogP contribution in [0.15, 0.2) is 29.4 Å². The lowest BCUT2D eigenvalue weighted by Gasteiger charge is -2.15. The van der Waals surface area contributed by atoms with Crippen LogP contribution >= 0.6 is 11.6 Å². The average molecular weight is 284 g/mol. The van der Waals surface area contributed by atoms with Crippen LogP contribution in [0.4, 0.5) is 0 Å². The van der Waals surface area contributed by atoms with Gasteiger partial charge in [-0.2, -0.15) is 0 Å². The molecule has 0 spiro atoms. The van der Waals surface area contributed by atoms with Crippen LogP contribution in [0.25, 0.3) is 0 Å². The topological polar surface area (TPSA) is 69.9 Å². The van der Waals surface area contributed by atoms with Crippen molar-refractivity contribution in [2.45, 2.75) is 38.0 Å². The third-order valence-corrected chi connectivity index (χ3v) is 3.40. The molecule has 1 fully saturated rings. The molecule has 1 unspecified atom stereocenters. The Morgan fingerprint density at radius 1 is 1.32 bits per heavy atom. The second-order valence-electron chi connectivity index (χ2n) is 4.48. The van der Waals surface area contributed by atoms with Gasteiger partial charge in [-0.15, -0.1) is 11.6 Å². The standard InChI is InChI=1S/C8H8O2.C6H10ClNO/c1-6-2-4-7(5-3-6)8(9)10;7-5-3-1-2-4-6(5)8-9/h2-5H,1H3,(H,9,10);5,9H,1-4H2/b;8-6-. The number of rotatable bonds is 1. The summed E-state index contributed by atoms with van der Waals surface area (Å²) in [6.45, 7) is 1.92. The van der Waals surface area contributed by atoms with Crippen LogP contribution in [0.1, 0.15) is 41.6 Å². The van der Waals surface area contributed by atoms with Gasteiger partial charge in [-0.1, -0.05) is 29.3 Å². The van der Waals surface area contributed by atoms with E-state index in [4.69, 9.17) is 21.9 Å². The lowest BCUT2D eigenvalue weighted by molar-refractivity contribution is 0.0697. The van der Waals surface area contributed by atoms with Crippen molar-refractivity contribution in [1.29, 1.82) is 0 Å². The van der Waals surface area contributed by atoms with E-state index in [9.17, 15) is 4.79 Å². The normalized spacial score (nSPS) is 20.5. The van der Waals surface area contributed by atoms with Gasteiger partial charge in [0.05, 0.1) is 16.7 Å². The quantitative estimate of drug-likeness (QED) is 0.469. The van der Waals surface area contributed by atoms with Crippen LogP contribution in [0.3, 0.4) is 0 Å². The average Bonchev–Trinajstić information content (AvgIpc) is 2.40. The van der Waals surface area contributed by atoms with Crippen LogP contribution in [-0.4, -0.2) is 27.4 Å². The van der Waals surface area contributed by atoms with E-state index in [1.807, 2.05) is 6.92 Å². The minimum Gasteiger partial charge on any atom is -0.478 e. The molecule has 2 rings (SSSR count). The number of carboxylic acids is 1. The zero-order chi connectivity index (χ0) is 14.3. The van der Waals surface area contributed by atoms with Crippen LogP contribution in [0.5, 0.6) is 0 Å². The van der Waals surface area contributed by atoms with Gasteiger partial charge in [0.2, 0.25) is 0 Å². The third-order valence-electron chi connectivity index (χ3n) is 2.93. The Hall–Kier alpha value is -1.55. The summed E-state index contributed by atoms with van der Waals surface area (Å²) in [6.07, 6.45) is 4.10. The number of alkyl halides is 1. The largest absolute Gasteiger partial charge is 0.478 e. The fourth-order valence-corrected chi connectivity index (χ4v) is 2.07. The van der Waals surface area contributed by atoms with Crippen LogP contribution in [0.2, 0.25) is 0 Å². The number of oxime groups is 1. The van der Waals surface area contributed by atoms with Gasteiger partial charge in [0.25, 0.3) is 0 Å². The molecule has 5 heteroatoms. The maximum Gasteiger partial charge on any atom is 0.335 e. The summed E-state index contributed by atoms with van der Waals surface area (Å²) < 4.78 is 0. The third kappa shape index (κ3) is 5.30. The predicted octanol–water partition coefficient (Wildman–Crippen LogP) is 3.69. The van der Waals surface area contributed by atoms with Crippen molar-refractivity contribution in [3.05, 3.63) is 35.4 Å². The van der Waals surface area contributed by atoms with Gasteiger partial charge in [0.1, 0.15) is 0 Å². The molecule has 2 N–H and O–H groups in total. The molecule has 0 aliphatic heterocycles. The molecular formula is C14H18ClNO3. The molecule has 0 bridgehead atoms. The first-order valence-corrected chi connectivity index (χ1v) is 6.63. The Morgan fingerprint density at radius 3 is 2.37 bits per heavy atom. The van der Waals surface area contributed by atoms with Gasteiger partial charge in [-0.25, -0.2) is 4.79 Å². The molecule has 1 aliphatic carbocycles. The van der Waals surface area contributed by atoms with E-state index in [-0.39, 0.29) is 5.38 Å². The summed E-state index contributed by atoms with van der Waals surface area (Å²) >= 11 is 5.79. The van der Waals surface area contributed by atoms with Crippen molar-refractivity contribution in [2.24, 2.45) is 5.16 Å². The molecule has 104 valence electrons. The highest BCUT2D eigenvalue weighted by molar-refractivity contribution is 6.32. The number of benzene rings is 1. The molecule has 0 aromatic heterocycles. The molecular weight excluding hydrogens is 266 g/mol. The van der Waals surface area contributed by atoms with Crippen LogP contribution < -0.4 is 0 Å². The molecule has 1 aromatic carbocycles. The number of nitrogens with zero attached hydrogens (tertiary/aromatic N) is 1. The summed E-state index contributed by atoms with van der Waals surface area (Å²) in [7, 11) is 0. The second-order valence-corrected chi connectivity index (χ2v) is 5.00. The van der Waals surface area contributed by atoms with E-state index >= 15 is 0 Å². The van der Waals surface area contributed by atoms with E-state index < -0.39 is 5.97 Å².